The molecule has 0 spiro atoms. The van der Waals surface area contributed by atoms with Crippen molar-refractivity contribution in [2.75, 3.05) is 27.9 Å². The quantitative estimate of drug-likeness (QED) is 0.795. The summed E-state index contributed by atoms with van der Waals surface area (Å²) in [6.07, 6.45) is 0.650. The molecule has 1 atom stereocenters. The Morgan fingerprint density at radius 3 is 1.60 bits per heavy atom. The molecule has 20 heavy (non-hydrogen) atoms. The summed E-state index contributed by atoms with van der Waals surface area (Å²) in [7, 11) is 4.47. The van der Waals surface area contributed by atoms with Crippen LogP contribution in [0.3, 0.4) is 0 Å². The molecule has 0 amide bonds. The minimum Gasteiger partial charge on any atom is -0.479 e. The Bertz CT molecular complexity index is 259. The van der Waals surface area contributed by atoms with E-state index in [4.69, 9.17) is 14.9 Å². The Hall–Kier alpha value is -1.18. The molecule has 1 fully saturated rings. The van der Waals surface area contributed by atoms with Crippen LogP contribution in [0.5, 0.6) is 0 Å². The fourth-order valence-electron chi connectivity index (χ4n) is 0.720. The topological polar surface area (TPSA) is 102 Å². The van der Waals surface area contributed by atoms with E-state index in [2.05, 4.69) is 9.47 Å². The lowest BCUT2D eigenvalue weighted by molar-refractivity contribution is -0.151. The highest BCUT2D eigenvalue weighted by atomic mass is 16.5. The number of rotatable bonds is 5. The zero-order valence-electron chi connectivity index (χ0n) is 12.1. The molecular weight excluding hydrogens is 268 g/mol. The standard InChI is InChI=1S/C5H8O3.C4H8O3.C3H8O.CH4/c1-8-5(2-3-5)4(6)7;1-3(7-2)4(5)6;1-3-4-2;/h2-3H2,1H3,(H,6,7);3H,1-2H3,(H,5,6);3H2,1-2H3;1H4. The van der Waals surface area contributed by atoms with Gasteiger partial charge in [0.05, 0.1) is 0 Å². The van der Waals surface area contributed by atoms with E-state index in [1.54, 1.807) is 7.11 Å². The minimum atomic E-state index is -0.928. The van der Waals surface area contributed by atoms with Gasteiger partial charge in [0.1, 0.15) is 0 Å². The van der Waals surface area contributed by atoms with Gasteiger partial charge < -0.3 is 24.4 Å². The second-order valence-electron chi connectivity index (χ2n) is 3.80. The first-order valence-electron chi connectivity index (χ1n) is 5.84. The van der Waals surface area contributed by atoms with E-state index in [1.165, 1.54) is 21.1 Å². The maximum atomic E-state index is 10.2. The second kappa shape index (κ2) is 12.8. The summed E-state index contributed by atoms with van der Waals surface area (Å²) in [5.74, 6) is -1.76. The molecule has 0 heterocycles. The minimum absolute atomic E-state index is 0. The summed E-state index contributed by atoms with van der Waals surface area (Å²) in [4.78, 5) is 20.0. The maximum absolute atomic E-state index is 10.2. The Morgan fingerprint density at radius 2 is 1.60 bits per heavy atom. The van der Waals surface area contributed by atoms with Crippen molar-refractivity contribution < 1.29 is 34.0 Å². The fraction of sp³-hybridized carbons (Fsp3) is 0.846. The van der Waals surface area contributed by atoms with E-state index < -0.39 is 23.6 Å². The molecule has 0 radical (unpaired) electrons. The summed E-state index contributed by atoms with van der Waals surface area (Å²) >= 11 is 0. The zero-order valence-corrected chi connectivity index (χ0v) is 12.1. The van der Waals surface area contributed by atoms with Gasteiger partial charge in [-0.05, 0) is 26.7 Å². The lowest BCUT2D eigenvalue weighted by atomic mass is 10.3. The molecule has 1 aliphatic rings. The van der Waals surface area contributed by atoms with Gasteiger partial charge >= 0.3 is 11.9 Å². The maximum Gasteiger partial charge on any atom is 0.335 e. The first-order valence-corrected chi connectivity index (χ1v) is 5.84. The molecule has 1 unspecified atom stereocenters. The van der Waals surface area contributed by atoms with E-state index in [0.29, 0.717) is 12.8 Å². The van der Waals surface area contributed by atoms with Crippen LogP contribution in [0.4, 0.5) is 0 Å². The van der Waals surface area contributed by atoms with Gasteiger partial charge in [-0.25, -0.2) is 9.59 Å². The predicted octanol–water partition coefficient (Wildman–Crippen LogP) is 1.64. The van der Waals surface area contributed by atoms with Gasteiger partial charge in [-0.1, -0.05) is 7.43 Å². The number of carboxylic acid groups (broad SMARTS) is 2. The number of hydrogen-bond acceptors (Lipinski definition) is 5. The molecule has 122 valence electrons. The Kier molecular flexibility index (Phi) is 15.3. The van der Waals surface area contributed by atoms with E-state index in [0.717, 1.165) is 6.61 Å². The SMILES string of the molecule is C.CCOC.COC(C)C(=O)O.COC1(C(=O)O)CC1. The molecule has 0 aromatic rings. The van der Waals surface area contributed by atoms with Gasteiger partial charge in [0.15, 0.2) is 11.7 Å². The normalized spacial score (nSPS) is 15.2. The highest BCUT2D eigenvalue weighted by Crippen LogP contribution is 2.38. The third kappa shape index (κ3) is 10.7. The lowest BCUT2D eigenvalue weighted by Crippen LogP contribution is -2.23. The molecule has 7 heteroatoms. The van der Waals surface area contributed by atoms with E-state index >= 15 is 0 Å². The van der Waals surface area contributed by atoms with Gasteiger partial charge in [-0.2, -0.15) is 0 Å². The van der Waals surface area contributed by atoms with Crippen molar-refractivity contribution in [3.8, 4) is 0 Å². The van der Waals surface area contributed by atoms with Crippen LogP contribution in [0.1, 0.15) is 34.1 Å². The third-order valence-electron chi connectivity index (χ3n) is 2.47. The molecule has 1 aliphatic carbocycles. The van der Waals surface area contributed by atoms with Crippen LogP contribution in [-0.2, 0) is 23.8 Å². The Balaban J connectivity index is -0.000000224. The van der Waals surface area contributed by atoms with Crippen LogP contribution in [-0.4, -0.2) is 61.8 Å². The summed E-state index contributed by atoms with van der Waals surface area (Å²) in [5.41, 5.74) is -0.792. The number of hydrogen-bond donors (Lipinski definition) is 2. The smallest absolute Gasteiger partial charge is 0.335 e. The van der Waals surface area contributed by atoms with Gasteiger partial charge in [0, 0.05) is 27.9 Å². The average Bonchev–Trinajstić information content (AvgIpc) is 3.19. The van der Waals surface area contributed by atoms with Gasteiger partial charge in [0.25, 0.3) is 0 Å². The fourth-order valence-corrected chi connectivity index (χ4v) is 0.720. The Labute approximate surface area is 120 Å². The highest BCUT2D eigenvalue weighted by molar-refractivity contribution is 5.80. The van der Waals surface area contributed by atoms with Crippen molar-refractivity contribution in [2.24, 2.45) is 0 Å². The largest absolute Gasteiger partial charge is 0.479 e. The second-order valence-corrected chi connectivity index (χ2v) is 3.80. The molecule has 7 nitrogen and oxygen atoms in total. The summed E-state index contributed by atoms with van der Waals surface area (Å²) in [6.45, 7) is 4.25. The van der Waals surface area contributed by atoms with Crippen molar-refractivity contribution in [3.63, 3.8) is 0 Å². The molecular formula is C13H28O7. The number of aliphatic carboxylic acids is 2. The molecule has 0 bridgehead atoms. The predicted molar refractivity (Wildman–Crippen MR) is 75.0 cm³/mol. The van der Waals surface area contributed by atoms with Crippen LogP contribution in [0, 0.1) is 0 Å². The van der Waals surface area contributed by atoms with Crippen LogP contribution in [0.2, 0.25) is 0 Å². The number of carboxylic acids is 2. The molecule has 1 saturated carbocycles. The third-order valence-corrected chi connectivity index (χ3v) is 2.47. The average molecular weight is 296 g/mol. The van der Waals surface area contributed by atoms with Crippen LogP contribution < -0.4 is 0 Å². The summed E-state index contributed by atoms with van der Waals surface area (Å²) < 4.78 is 13.7. The van der Waals surface area contributed by atoms with Crippen LogP contribution >= 0.6 is 0 Å². The first kappa shape index (κ1) is 23.9. The summed E-state index contributed by atoms with van der Waals surface area (Å²) in [6, 6.07) is 0. The lowest BCUT2D eigenvalue weighted by Gasteiger charge is -2.03. The number of methoxy groups -OCH3 is 3. The van der Waals surface area contributed by atoms with Crippen molar-refractivity contribution in [3.05, 3.63) is 0 Å². The molecule has 0 aromatic carbocycles. The van der Waals surface area contributed by atoms with E-state index in [9.17, 15) is 9.59 Å². The molecule has 1 rings (SSSR count). The van der Waals surface area contributed by atoms with Crippen LogP contribution in [0.15, 0.2) is 0 Å². The van der Waals surface area contributed by atoms with Crippen molar-refractivity contribution in [2.45, 2.75) is 45.8 Å². The van der Waals surface area contributed by atoms with Gasteiger partial charge in [-0.15, -0.1) is 0 Å². The monoisotopic (exact) mass is 296 g/mol. The molecule has 0 aromatic heterocycles. The zero-order chi connectivity index (χ0) is 15.5. The van der Waals surface area contributed by atoms with E-state index in [-0.39, 0.29) is 7.43 Å². The molecule has 2 N–H and O–H groups in total. The first-order chi connectivity index (χ1) is 8.81. The van der Waals surface area contributed by atoms with Gasteiger partial charge in [-0.3, -0.25) is 0 Å². The molecule has 0 saturated heterocycles. The highest BCUT2D eigenvalue weighted by Gasteiger charge is 2.50. The van der Waals surface area contributed by atoms with E-state index in [1.807, 2.05) is 6.92 Å². The Morgan fingerprint density at radius 1 is 1.20 bits per heavy atom. The molecule has 0 aliphatic heterocycles. The van der Waals surface area contributed by atoms with Crippen LogP contribution in [0.25, 0.3) is 0 Å². The van der Waals surface area contributed by atoms with Gasteiger partial charge in [0.2, 0.25) is 0 Å². The van der Waals surface area contributed by atoms with Crippen molar-refractivity contribution >= 4 is 11.9 Å². The number of ether oxygens (including phenoxy) is 3. The summed E-state index contributed by atoms with van der Waals surface area (Å²) in [5, 5.41) is 16.4. The number of carbonyl (C=O) groups is 2. The van der Waals surface area contributed by atoms with Crippen molar-refractivity contribution in [1.29, 1.82) is 0 Å². The van der Waals surface area contributed by atoms with Crippen molar-refractivity contribution in [1.82, 2.24) is 0 Å².